The summed E-state index contributed by atoms with van der Waals surface area (Å²) >= 11 is 5.77. The first-order valence-corrected chi connectivity index (χ1v) is 7.40. The fourth-order valence-electron chi connectivity index (χ4n) is 2.57. The number of carbonyl (C=O) groups excluding carboxylic acids is 2. The smallest absolute Gasteiger partial charge is 0.417 e. The molecule has 2 unspecified atom stereocenters. The lowest BCUT2D eigenvalue weighted by Gasteiger charge is -2.38. The Kier molecular flexibility index (Phi) is 3.88. The molecule has 130 valence electrons. The van der Waals surface area contributed by atoms with Gasteiger partial charge < -0.3 is 14.8 Å². The van der Waals surface area contributed by atoms with Gasteiger partial charge in [0.25, 0.3) is 5.91 Å². The van der Waals surface area contributed by atoms with Crippen LogP contribution in [0.2, 0.25) is 5.02 Å². The highest BCUT2D eigenvalue weighted by Gasteiger charge is 2.68. The number of benzene rings is 1. The van der Waals surface area contributed by atoms with E-state index in [0.29, 0.717) is 6.42 Å². The van der Waals surface area contributed by atoms with Gasteiger partial charge in [0.15, 0.2) is 6.23 Å². The molecule has 6 nitrogen and oxygen atoms in total. The quantitative estimate of drug-likeness (QED) is 0.808. The molecule has 2 heterocycles. The molecule has 3 atom stereocenters. The number of halogens is 4. The summed E-state index contributed by atoms with van der Waals surface area (Å²) in [4.78, 5) is 24.1. The van der Waals surface area contributed by atoms with E-state index < -0.39 is 35.6 Å². The summed E-state index contributed by atoms with van der Waals surface area (Å²) in [6.45, 7) is 1.76. The summed E-state index contributed by atoms with van der Waals surface area (Å²) in [5.41, 5.74) is -4.29. The number of amides is 2. The van der Waals surface area contributed by atoms with Gasteiger partial charge in [-0.1, -0.05) is 18.5 Å². The number of alkyl halides is 3. The lowest BCUT2D eigenvalue weighted by Crippen LogP contribution is -2.60. The first kappa shape index (κ1) is 16.8. The van der Waals surface area contributed by atoms with E-state index in [2.05, 4.69) is 15.4 Å². The predicted octanol–water partition coefficient (Wildman–Crippen LogP) is 2.91. The third-order valence-corrected chi connectivity index (χ3v) is 4.06. The van der Waals surface area contributed by atoms with Gasteiger partial charge >= 0.3 is 17.9 Å². The molecule has 2 N–H and O–H groups in total. The number of hydrogen-bond donors (Lipinski definition) is 2. The highest BCUT2D eigenvalue weighted by Crippen LogP contribution is 2.48. The van der Waals surface area contributed by atoms with Gasteiger partial charge in [0.05, 0.1) is 5.69 Å². The van der Waals surface area contributed by atoms with Gasteiger partial charge in [-0.15, -0.1) is 0 Å². The molecule has 2 amide bonds. The number of nitrogens with one attached hydrogen (secondary N) is 2. The van der Waals surface area contributed by atoms with E-state index in [-0.39, 0.29) is 16.8 Å². The maximum absolute atomic E-state index is 13.8. The summed E-state index contributed by atoms with van der Waals surface area (Å²) in [6.07, 6.45) is -7.28. The van der Waals surface area contributed by atoms with E-state index in [1.165, 1.54) is 12.1 Å². The second-order valence-corrected chi connectivity index (χ2v) is 5.80. The van der Waals surface area contributed by atoms with Gasteiger partial charge in [-0.25, -0.2) is 4.79 Å². The van der Waals surface area contributed by atoms with Crippen LogP contribution >= 0.6 is 11.6 Å². The molecule has 1 fully saturated rings. The minimum Gasteiger partial charge on any atom is -0.417 e. The second-order valence-electron chi connectivity index (χ2n) is 5.36. The molecule has 0 radical (unpaired) electrons. The number of hydrogen-bond acceptors (Lipinski definition) is 4. The van der Waals surface area contributed by atoms with Crippen molar-refractivity contribution in [1.82, 2.24) is 5.32 Å². The van der Waals surface area contributed by atoms with Crippen molar-refractivity contribution in [3.63, 3.8) is 0 Å². The highest BCUT2D eigenvalue weighted by atomic mass is 35.5. The van der Waals surface area contributed by atoms with Crippen molar-refractivity contribution < 1.29 is 32.2 Å². The van der Waals surface area contributed by atoms with Gasteiger partial charge in [0.2, 0.25) is 0 Å². The van der Waals surface area contributed by atoms with Crippen LogP contribution in [-0.4, -0.2) is 30.5 Å². The molecule has 2 aliphatic rings. The van der Waals surface area contributed by atoms with E-state index >= 15 is 0 Å². The number of ether oxygens (including phenoxy) is 2. The SMILES string of the molecule is CCC1OC1NC(=O)[C@]1(C(F)(F)F)OC(=O)Nc2ccc(Cl)cc21. The summed E-state index contributed by atoms with van der Waals surface area (Å²) < 4.78 is 51.0. The topological polar surface area (TPSA) is 80.0 Å². The molecule has 0 spiro atoms. The van der Waals surface area contributed by atoms with Crippen molar-refractivity contribution in [2.24, 2.45) is 0 Å². The van der Waals surface area contributed by atoms with Crippen LogP contribution in [0.15, 0.2) is 18.2 Å². The summed E-state index contributed by atoms with van der Waals surface area (Å²) in [7, 11) is 0. The maximum Gasteiger partial charge on any atom is 0.442 e. The molecule has 0 saturated carbocycles. The molecular weight excluding hydrogens is 353 g/mol. The van der Waals surface area contributed by atoms with Crippen LogP contribution in [0, 0.1) is 0 Å². The lowest BCUT2D eigenvalue weighted by molar-refractivity contribution is -0.255. The summed E-state index contributed by atoms with van der Waals surface area (Å²) in [6, 6.07) is 3.41. The molecule has 0 bridgehead atoms. The number of fused-ring (bicyclic) bond motifs is 1. The first-order chi connectivity index (χ1) is 11.2. The fraction of sp³-hybridized carbons (Fsp3) is 0.429. The van der Waals surface area contributed by atoms with Crippen LogP contribution in [0.3, 0.4) is 0 Å². The maximum atomic E-state index is 13.8. The lowest BCUT2D eigenvalue weighted by atomic mass is 9.89. The van der Waals surface area contributed by atoms with Crippen molar-refractivity contribution in [3.05, 3.63) is 28.8 Å². The molecule has 10 heteroatoms. The molecule has 1 aromatic rings. The standard InChI is InChI=1S/C14H12ClF3N2O4/c1-2-9-10(23-9)20-11(21)13(14(16,17)18)7-5-6(15)3-4-8(7)19-12(22)24-13/h3-5,9-10H,2H2,1H3,(H,19,22)(H,20,21)/t9?,10?,13-/m1/s1. The molecule has 2 aliphatic heterocycles. The third-order valence-electron chi connectivity index (χ3n) is 3.82. The van der Waals surface area contributed by atoms with Crippen LogP contribution in [0.25, 0.3) is 0 Å². The normalized spacial score (nSPS) is 28.5. The van der Waals surface area contributed by atoms with Crippen LogP contribution in [-0.2, 0) is 19.9 Å². The average molecular weight is 365 g/mol. The number of epoxide rings is 1. The van der Waals surface area contributed by atoms with Gasteiger partial charge in [0, 0.05) is 10.6 Å². The Morgan fingerprint density at radius 3 is 2.75 bits per heavy atom. The molecular formula is C14H12ClF3N2O4. The number of cyclic esters (lactones) is 1. The Morgan fingerprint density at radius 1 is 1.46 bits per heavy atom. The van der Waals surface area contributed by atoms with Crippen molar-refractivity contribution in [2.75, 3.05) is 5.32 Å². The largest absolute Gasteiger partial charge is 0.442 e. The zero-order valence-electron chi connectivity index (χ0n) is 12.2. The van der Waals surface area contributed by atoms with E-state index in [1.54, 1.807) is 6.92 Å². The number of carbonyl (C=O) groups is 2. The number of rotatable bonds is 3. The van der Waals surface area contributed by atoms with E-state index in [4.69, 9.17) is 16.3 Å². The Balaban J connectivity index is 2.08. The molecule has 3 rings (SSSR count). The first-order valence-electron chi connectivity index (χ1n) is 7.02. The third kappa shape index (κ3) is 2.57. The van der Waals surface area contributed by atoms with Gasteiger partial charge in [-0.2, -0.15) is 13.2 Å². The minimum absolute atomic E-state index is 0.0379. The van der Waals surface area contributed by atoms with Crippen molar-refractivity contribution in [3.8, 4) is 0 Å². The monoisotopic (exact) mass is 364 g/mol. The predicted molar refractivity (Wildman–Crippen MR) is 76.4 cm³/mol. The van der Waals surface area contributed by atoms with Crippen LogP contribution in [0.5, 0.6) is 0 Å². The van der Waals surface area contributed by atoms with E-state index in [0.717, 1.165) is 6.07 Å². The van der Waals surface area contributed by atoms with Crippen LogP contribution < -0.4 is 10.6 Å². The number of anilines is 1. The molecule has 24 heavy (non-hydrogen) atoms. The van der Waals surface area contributed by atoms with Crippen molar-refractivity contribution in [2.45, 2.75) is 37.5 Å². The molecule has 0 aliphatic carbocycles. The summed E-state index contributed by atoms with van der Waals surface area (Å²) in [5, 5.41) is 4.21. The van der Waals surface area contributed by atoms with Gasteiger partial charge in [0.1, 0.15) is 6.10 Å². The fourth-order valence-corrected chi connectivity index (χ4v) is 2.74. The molecule has 1 aromatic carbocycles. The Morgan fingerprint density at radius 2 is 2.17 bits per heavy atom. The molecule has 0 aromatic heterocycles. The Labute approximate surface area is 139 Å². The van der Waals surface area contributed by atoms with Gasteiger partial charge in [-0.3, -0.25) is 10.1 Å². The van der Waals surface area contributed by atoms with Gasteiger partial charge in [-0.05, 0) is 24.6 Å². The molecule has 1 saturated heterocycles. The Hall–Kier alpha value is -2.00. The summed E-state index contributed by atoms with van der Waals surface area (Å²) in [5.74, 6) is -1.53. The van der Waals surface area contributed by atoms with Crippen LogP contribution in [0.1, 0.15) is 18.9 Å². The minimum atomic E-state index is -5.20. The van der Waals surface area contributed by atoms with Crippen LogP contribution in [0.4, 0.5) is 23.7 Å². The Bertz CT molecular complexity index is 712. The van der Waals surface area contributed by atoms with Crippen molar-refractivity contribution in [1.29, 1.82) is 0 Å². The second kappa shape index (κ2) is 5.52. The van der Waals surface area contributed by atoms with E-state index in [1.807, 2.05) is 0 Å². The zero-order valence-corrected chi connectivity index (χ0v) is 13.0. The van der Waals surface area contributed by atoms with E-state index in [9.17, 15) is 22.8 Å². The van der Waals surface area contributed by atoms with Crippen molar-refractivity contribution >= 4 is 29.3 Å². The zero-order chi connectivity index (χ0) is 17.7. The highest BCUT2D eigenvalue weighted by molar-refractivity contribution is 6.30. The average Bonchev–Trinajstić information content (AvgIpc) is 3.23.